The number of hydrogen-bond donors (Lipinski definition) is 0. The van der Waals surface area contributed by atoms with Crippen molar-refractivity contribution in [1.82, 2.24) is 8.94 Å². The Morgan fingerprint density at radius 1 is 1.30 bits per heavy atom. The molecule has 2 rings (SSSR count). The van der Waals surface area contributed by atoms with Crippen LogP contribution in [-0.2, 0) is 0 Å². The third-order valence-corrected chi connectivity index (χ3v) is 2.04. The van der Waals surface area contributed by atoms with E-state index in [9.17, 15) is 0 Å². The second kappa shape index (κ2) is 2.27. The van der Waals surface area contributed by atoms with E-state index in [4.69, 9.17) is 0 Å². The molecule has 0 fully saturated rings. The summed E-state index contributed by atoms with van der Waals surface area (Å²) in [6.07, 6.45) is 5.82. The monoisotopic (exact) mass is 150 g/mol. The fourth-order valence-electron chi connectivity index (χ4n) is 0.824. The van der Waals surface area contributed by atoms with Gasteiger partial charge in [0.2, 0.25) is 0 Å². The second-order valence-corrected chi connectivity index (χ2v) is 2.75. The molecule has 0 unspecified atom stereocenters. The van der Waals surface area contributed by atoms with Crippen LogP contribution in [0.15, 0.2) is 36.8 Å². The van der Waals surface area contributed by atoms with Crippen LogP contribution in [0.2, 0.25) is 0 Å². The van der Waals surface area contributed by atoms with Gasteiger partial charge >= 0.3 is 0 Å². The molecule has 0 atom stereocenters. The van der Waals surface area contributed by atoms with Crippen LogP contribution >= 0.6 is 11.5 Å². The van der Waals surface area contributed by atoms with E-state index in [0.29, 0.717) is 0 Å². The molecule has 0 bridgehead atoms. The molecular formula is C7H6N2S. The van der Waals surface area contributed by atoms with Gasteiger partial charge < -0.3 is 4.57 Å². The lowest BCUT2D eigenvalue weighted by atomic mass is 10.7. The quantitative estimate of drug-likeness (QED) is 0.607. The molecule has 3 heteroatoms. The highest BCUT2D eigenvalue weighted by atomic mass is 32.1. The van der Waals surface area contributed by atoms with Crippen molar-refractivity contribution in [2.75, 3.05) is 0 Å². The van der Waals surface area contributed by atoms with Crippen molar-refractivity contribution in [1.29, 1.82) is 0 Å². The molecule has 0 aliphatic carbocycles. The van der Waals surface area contributed by atoms with Crippen molar-refractivity contribution in [3.63, 3.8) is 0 Å². The van der Waals surface area contributed by atoms with Crippen molar-refractivity contribution < 1.29 is 0 Å². The van der Waals surface area contributed by atoms with E-state index in [1.54, 1.807) is 6.20 Å². The van der Waals surface area contributed by atoms with Crippen LogP contribution in [0.3, 0.4) is 0 Å². The van der Waals surface area contributed by atoms with Crippen LogP contribution in [0, 0.1) is 0 Å². The lowest BCUT2D eigenvalue weighted by Crippen LogP contribution is -1.81. The predicted molar refractivity (Wildman–Crippen MR) is 41.4 cm³/mol. The molecule has 0 spiro atoms. The van der Waals surface area contributed by atoms with Gasteiger partial charge in [-0.05, 0) is 29.7 Å². The first-order valence-electron chi connectivity index (χ1n) is 3.01. The van der Waals surface area contributed by atoms with Gasteiger partial charge in [0, 0.05) is 18.6 Å². The van der Waals surface area contributed by atoms with Gasteiger partial charge in [0.15, 0.2) is 0 Å². The zero-order chi connectivity index (χ0) is 6.81. The summed E-state index contributed by atoms with van der Waals surface area (Å²) >= 11 is 1.49. The number of aromatic nitrogens is 2. The molecule has 2 nitrogen and oxygen atoms in total. The van der Waals surface area contributed by atoms with Gasteiger partial charge in [0.25, 0.3) is 0 Å². The maximum absolute atomic E-state index is 4.00. The van der Waals surface area contributed by atoms with Crippen molar-refractivity contribution in [2.24, 2.45) is 0 Å². The highest BCUT2D eigenvalue weighted by molar-refractivity contribution is 7.08. The zero-order valence-corrected chi connectivity index (χ0v) is 6.08. The van der Waals surface area contributed by atoms with Gasteiger partial charge in [0.05, 0.1) is 0 Å². The third-order valence-electron chi connectivity index (χ3n) is 1.28. The van der Waals surface area contributed by atoms with Crippen LogP contribution in [-0.4, -0.2) is 8.94 Å². The molecular weight excluding hydrogens is 144 g/mol. The van der Waals surface area contributed by atoms with Crippen molar-refractivity contribution in [2.45, 2.75) is 0 Å². The summed E-state index contributed by atoms with van der Waals surface area (Å²) in [6.45, 7) is 0. The normalized spacial score (nSPS) is 10.0. The van der Waals surface area contributed by atoms with Crippen molar-refractivity contribution in [3.05, 3.63) is 36.8 Å². The number of nitrogens with zero attached hydrogens (tertiary/aromatic N) is 2. The Bertz CT molecular complexity index is 251. The highest BCUT2D eigenvalue weighted by Crippen LogP contribution is 2.10. The Morgan fingerprint density at radius 3 is 2.70 bits per heavy atom. The maximum atomic E-state index is 4.00. The van der Waals surface area contributed by atoms with Crippen molar-refractivity contribution in [3.8, 4) is 5.00 Å². The van der Waals surface area contributed by atoms with Crippen LogP contribution < -0.4 is 0 Å². The van der Waals surface area contributed by atoms with Crippen LogP contribution in [0.4, 0.5) is 0 Å². The summed E-state index contributed by atoms with van der Waals surface area (Å²) in [5, 5.41) is 1.16. The molecule has 0 aliphatic heterocycles. The molecule has 0 N–H and O–H groups in total. The Hall–Kier alpha value is -1.09. The van der Waals surface area contributed by atoms with Gasteiger partial charge in [-0.15, -0.1) is 0 Å². The molecule has 0 aliphatic rings. The van der Waals surface area contributed by atoms with E-state index < -0.39 is 0 Å². The fraction of sp³-hybridized carbons (Fsp3) is 0. The van der Waals surface area contributed by atoms with E-state index in [-0.39, 0.29) is 0 Å². The minimum Gasteiger partial charge on any atom is -0.314 e. The highest BCUT2D eigenvalue weighted by Gasteiger charge is 1.92. The Kier molecular flexibility index (Phi) is 1.29. The van der Waals surface area contributed by atoms with Gasteiger partial charge in [0.1, 0.15) is 5.00 Å². The first kappa shape index (κ1) is 5.68. The fourth-order valence-corrected chi connectivity index (χ4v) is 1.39. The van der Waals surface area contributed by atoms with Crippen LogP contribution in [0.25, 0.3) is 5.00 Å². The van der Waals surface area contributed by atoms with E-state index in [1.165, 1.54) is 11.5 Å². The standard InChI is InChI=1S/C7H6N2S/c1-2-6-9(5-1)7-3-4-8-10-7/h1-6H. The third kappa shape index (κ3) is 0.844. The van der Waals surface area contributed by atoms with E-state index >= 15 is 0 Å². The molecule has 10 heavy (non-hydrogen) atoms. The van der Waals surface area contributed by atoms with Gasteiger partial charge in [-0.25, -0.2) is 0 Å². The largest absolute Gasteiger partial charge is 0.314 e. The van der Waals surface area contributed by atoms with Gasteiger partial charge in [-0.2, -0.15) is 4.37 Å². The smallest absolute Gasteiger partial charge is 0.120 e. The molecule has 0 radical (unpaired) electrons. The SMILES string of the molecule is c1ccn(-c2ccns2)c1. The first-order chi connectivity index (χ1) is 4.97. The van der Waals surface area contributed by atoms with Gasteiger partial charge in [-0.1, -0.05) is 0 Å². The average molecular weight is 150 g/mol. The summed E-state index contributed by atoms with van der Waals surface area (Å²) in [5.41, 5.74) is 0. The first-order valence-corrected chi connectivity index (χ1v) is 3.78. The summed E-state index contributed by atoms with van der Waals surface area (Å²) in [6, 6.07) is 5.99. The number of rotatable bonds is 1. The zero-order valence-electron chi connectivity index (χ0n) is 5.27. The molecule has 0 aromatic carbocycles. The Labute approximate surface area is 62.9 Å². The minimum atomic E-state index is 1.16. The summed E-state index contributed by atoms with van der Waals surface area (Å²) in [4.78, 5) is 0. The molecule has 0 saturated heterocycles. The molecule has 0 amide bonds. The molecule has 2 heterocycles. The lowest BCUT2D eigenvalue weighted by molar-refractivity contribution is 1.11. The van der Waals surface area contributed by atoms with E-state index in [2.05, 4.69) is 4.37 Å². The topological polar surface area (TPSA) is 17.8 Å². The summed E-state index contributed by atoms with van der Waals surface area (Å²) in [5.74, 6) is 0. The van der Waals surface area contributed by atoms with E-state index in [0.717, 1.165) is 5.00 Å². The summed E-state index contributed by atoms with van der Waals surface area (Å²) in [7, 11) is 0. The van der Waals surface area contributed by atoms with Gasteiger partial charge in [-0.3, -0.25) is 0 Å². The summed E-state index contributed by atoms with van der Waals surface area (Å²) < 4.78 is 6.04. The molecule has 0 saturated carbocycles. The average Bonchev–Trinajstić information content (AvgIpc) is 2.59. The minimum absolute atomic E-state index is 1.16. The van der Waals surface area contributed by atoms with E-state index in [1.807, 2.05) is 35.2 Å². The van der Waals surface area contributed by atoms with Crippen LogP contribution in [0.5, 0.6) is 0 Å². The maximum Gasteiger partial charge on any atom is 0.120 e. The molecule has 50 valence electrons. The lowest BCUT2D eigenvalue weighted by Gasteiger charge is -1.92. The number of hydrogen-bond acceptors (Lipinski definition) is 2. The van der Waals surface area contributed by atoms with Crippen LogP contribution in [0.1, 0.15) is 0 Å². The molecule has 2 aromatic heterocycles. The Balaban J connectivity index is 2.48. The predicted octanol–water partition coefficient (Wildman–Crippen LogP) is 1.93. The molecule has 2 aromatic rings. The Morgan fingerprint density at radius 2 is 2.10 bits per heavy atom. The van der Waals surface area contributed by atoms with Crippen molar-refractivity contribution >= 4 is 11.5 Å². The second-order valence-electron chi connectivity index (χ2n) is 1.94.